The predicted octanol–water partition coefficient (Wildman–Crippen LogP) is 4.33. The molecule has 1 aromatic rings. The van der Waals surface area contributed by atoms with E-state index in [0.29, 0.717) is 29.7 Å². The van der Waals surface area contributed by atoms with Crippen LogP contribution in [0.15, 0.2) is 12.1 Å². The van der Waals surface area contributed by atoms with E-state index in [0.717, 1.165) is 36.8 Å². The molecule has 0 bridgehead atoms. The number of fused-ring (bicyclic) bond motifs is 1. The number of ether oxygens (including phenoxy) is 2. The molecule has 1 fully saturated rings. The first kappa shape index (κ1) is 22.8. The van der Waals surface area contributed by atoms with Crippen molar-refractivity contribution in [2.45, 2.75) is 64.7 Å². The van der Waals surface area contributed by atoms with E-state index in [-0.39, 0.29) is 12.0 Å². The Balaban J connectivity index is 0.000000300. The Morgan fingerprint density at radius 1 is 1.25 bits per heavy atom. The van der Waals surface area contributed by atoms with E-state index in [1.54, 1.807) is 26.8 Å². The molecule has 156 valence electrons. The van der Waals surface area contributed by atoms with Crippen LogP contribution in [0.2, 0.25) is 10.0 Å². The number of hydrogen-bond acceptors (Lipinski definition) is 4. The smallest absolute Gasteiger partial charge is 0.405 e. The van der Waals surface area contributed by atoms with E-state index >= 15 is 0 Å². The average Bonchev–Trinajstić information content (AvgIpc) is 2.60. The molecule has 1 aromatic carbocycles. The Labute approximate surface area is 176 Å². The Kier molecular flexibility index (Phi) is 7.98. The molecule has 2 aliphatic heterocycles. The van der Waals surface area contributed by atoms with Crippen LogP contribution in [0.4, 0.5) is 4.79 Å². The van der Waals surface area contributed by atoms with Crippen molar-refractivity contribution in [3.05, 3.63) is 33.3 Å². The summed E-state index contributed by atoms with van der Waals surface area (Å²) in [7, 11) is 0. The SMILES string of the molecule is CC(C)(C)OC(N)=O.O=C(C1CCCCO1)N1CCc2cc(Cl)cc(Cl)c2C1. The Morgan fingerprint density at radius 2 is 1.96 bits per heavy atom. The summed E-state index contributed by atoms with van der Waals surface area (Å²) in [5, 5.41) is 1.30. The van der Waals surface area contributed by atoms with Gasteiger partial charge in [-0.1, -0.05) is 23.2 Å². The van der Waals surface area contributed by atoms with Crippen molar-refractivity contribution < 1.29 is 19.1 Å². The number of carbonyl (C=O) groups is 2. The first-order valence-corrected chi connectivity index (χ1v) is 10.2. The third kappa shape index (κ3) is 6.83. The fraction of sp³-hybridized carbons (Fsp3) is 0.600. The van der Waals surface area contributed by atoms with Crippen LogP contribution in [0.1, 0.15) is 51.2 Å². The van der Waals surface area contributed by atoms with Gasteiger partial charge in [-0.3, -0.25) is 4.79 Å². The summed E-state index contributed by atoms with van der Waals surface area (Å²) in [6.07, 6.45) is 2.76. The molecule has 1 atom stereocenters. The molecule has 2 N–H and O–H groups in total. The van der Waals surface area contributed by atoms with Crippen LogP contribution in [0.25, 0.3) is 0 Å². The number of carbonyl (C=O) groups excluding carboxylic acids is 2. The maximum Gasteiger partial charge on any atom is 0.405 e. The monoisotopic (exact) mass is 430 g/mol. The highest BCUT2D eigenvalue weighted by atomic mass is 35.5. The maximum absolute atomic E-state index is 12.5. The van der Waals surface area contributed by atoms with Crippen LogP contribution >= 0.6 is 23.2 Å². The third-order valence-corrected chi connectivity index (χ3v) is 4.98. The number of benzene rings is 1. The highest BCUT2D eigenvalue weighted by Gasteiger charge is 2.30. The van der Waals surface area contributed by atoms with Crippen LogP contribution in [0, 0.1) is 0 Å². The first-order chi connectivity index (χ1) is 13.1. The largest absolute Gasteiger partial charge is 0.444 e. The zero-order valence-electron chi connectivity index (χ0n) is 16.6. The molecule has 0 radical (unpaired) electrons. The van der Waals surface area contributed by atoms with Gasteiger partial charge < -0.3 is 20.1 Å². The zero-order chi connectivity index (χ0) is 20.9. The van der Waals surface area contributed by atoms with E-state index in [9.17, 15) is 9.59 Å². The second kappa shape index (κ2) is 9.81. The molecule has 0 saturated carbocycles. The average molecular weight is 431 g/mol. The molecule has 6 nitrogen and oxygen atoms in total. The van der Waals surface area contributed by atoms with E-state index in [4.69, 9.17) is 33.7 Å². The highest BCUT2D eigenvalue weighted by molar-refractivity contribution is 6.35. The number of hydrogen-bond donors (Lipinski definition) is 1. The lowest BCUT2D eigenvalue weighted by atomic mass is 9.98. The molecule has 3 rings (SSSR count). The topological polar surface area (TPSA) is 81.9 Å². The van der Waals surface area contributed by atoms with Gasteiger partial charge in [0, 0.05) is 29.7 Å². The Hall–Kier alpha value is -1.50. The van der Waals surface area contributed by atoms with Gasteiger partial charge in [-0.05, 0) is 69.7 Å². The number of nitrogens with zero attached hydrogens (tertiary/aromatic N) is 1. The zero-order valence-corrected chi connectivity index (χ0v) is 18.1. The minimum Gasteiger partial charge on any atom is -0.444 e. The molecule has 2 heterocycles. The van der Waals surface area contributed by atoms with E-state index < -0.39 is 11.7 Å². The van der Waals surface area contributed by atoms with Crippen molar-refractivity contribution in [1.29, 1.82) is 0 Å². The summed E-state index contributed by atoms with van der Waals surface area (Å²) in [5.74, 6) is 0.0985. The second-order valence-corrected chi connectivity index (χ2v) is 8.77. The molecule has 1 saturated heterocycles. The van der Waals surface area contributed by atoms with Crippen molar-refractivity contribution in [3.8, 4) is 0 Å². The lowest BCUT2D eigenvalue weighted by Crippen LogP contribution is -2.44. The molecule has 0 aromatic heterocycles. The van der Waals surface area contributed by atoms with Crippen molar-refractivity contribution in [2.75, 3.05) is 13.2 Å². The number of halogens is 2. The summed E-state index contributed by atoms with van der Waals surface area (Å²) < 4.78 is 10.2. The van der Waals surface area contributed by atoms with Crippen LogP contribution in [-0.2, 0) is 27.2 Å². The molecule has 1 unspecified atom stereocenters. The minimum absolute atomic E-state index is 0.0985. The van der Waals surface area contributed by atoms with Gasteiger partial charge in [-0.15, -0.1) is 0 Å². The molecule has 8 heteroatoms. The van der Waals surface area contributed by atoms with Crippen molar-refractivity contribution in [3.63, 3.8) is 0 Å². The number of rotatable bonds is 1. The fourth-order valence-electron chi connectivity index (χ4n) is 3.21. The normalized spacial score (nSPS) is 19.2. The summed E-state index contributed by atoms with van der Waals surface area (Å²) in [5.41, 5.74) is 6.43. The molecule has 2 amide bonds. The van der Waals surface area contributed by atoms with Gasteiger partial charge in [0.15, 0.2) is 0 Å². The number of amides is 2. The summed E-state index contributed by atoms with van der Waals surface area (Å²) in [6.45, 7) is 7.25. The van der Waals surface area contributed by atoms with Crippen LogP contribution in [0.3, 0.4) is 0 Å². The second-order valence-electron chi connectivity index (χ2n) is 7.92. The Bertz CT molecular complexity index is 713. The van der Waals surface area contributed by atoms with Crippen molar-refractivity contribution in [1.82, 2.24) is 4.90 Å². The number of nitrogens with two attached hydrogens (primary N) is 1. The van der Waals surface area contributed by atoms with Gasteiger partial charge in [-0.25, -0.2) is 4.79 Å². The minimum atomic E-state index is -0.725. The van der Waals surface area contributed by atoms with Crippen molar-refractivity contribution in [2.24, 2.45) is 5.73 Å². The molecule has 2 aliphatic rings. The van der Waals surface area contributed by atoms with Gasteiger partial charge in [0.1, 0.15) is 11.7 Å². The van der Waals surface area contributed by atoms with E-state index in [1.807, 2.05) is 11.0 Å². The van der Waals surface area contributed by atoms with Crippen molar-refractivity contribution >= 4 is 35.2 Å². The lowest BCUT2D eigenvalue weighted by Gasteiger charge is -2.33. The summed E-state index contributed by atoms with van der Waals surface area (Å²) in [4.78, 5) is 24.3. The number of primary amides is 1. The molecule has 0 spiro atoms. The fourth-order valence-corrected chi connectivity index (χ4v) is 3.81. The van der Waals surface area contributed by atoms with E-state index in [2.05, 4.69) is 4.74 Å². The van der Waals surface area contributed by atoms with Crippen LogP contribution in [0.5, 0.6) is 0 Å². The summed E-state index contributed by atoms with van der Waals surface area (Å²) in [6, 6.07) is 3.69. The van der Waals surface area contributed by atoms with E-state index in [1.165, 1.54) is 0 Å². The van der Waals surface area contributed by atoms with Gasteiger partial charge in [-0.2, -0.15) is 0 Å². The van der Waals surface area contributed by atoms with Gasteiger partial charge >= 0.3 is 6.09 Å². The standard InChI is InChI=1S/C15H17Cl2NO2.C5H11NO2/c16-11-7-10-4-5-18(9-12(10)13(17)8-11)15(19)14-3-1-2-6-20-14;1-5(2,3)8-4(6)7/h7-8,14H,1-6,9H2;1-3H3,(H2,6,7). The summed E-state index contributed by atoms with van der Waals surface area (Å²) >= 11 is 12.3. The van der Waals surface area contributed by atoms with Crippen LogP contribution in [-0.4, -0.2) is 41.8 Å². The molecular formula is C20H28Cl2N2O4. The molecule has 28 heavy (non-hydrogen) atoms. The Morgan fingerprint density at radius 3 is 2.50 bits per heavy atom. The van der Waals surface area contributed by atoms with Gasteiger partial charge in [0.2, 0.25) is 0 Å². The van der Waals surface area contributed by atoms with Crippen LogP contribution < -0.4 is 5.73 Å². The van der Waals surface area contributed by atoms with Gasteiger partial charge in [0.05, 0.1) is 0 Å². The first-order valence-electron chi connectivity index (χ1n) is 9.42. The van der Waals surface area contributed by atoms with Gasteiger partial charge in [0.25, 0.3) is 5.91 Å². The molecular weight excluding hydrogens is 403 g/mol. The molecule has 0 aliphatic carbocycles. The predicted molar refractivity (Wildman–Crippen MR) is 110 cm³/mol. The lowest BCUT2D eigenvalue weighted by molar-refractivity contribution is -0.147. The highest BCUT2D eigenvalue weighted by Crippen LogP contribution is 2.30. The third-order valence-electron chi connectivity index (χ3n) is 4.43. The quantitative estimate of drug-likeness (QED) is 0.718. The maximum atomic E-state index is 12.5.